The number of allylic oxidation sites excluding steroid dienone is 1. The van der Waals surface area contributed by atoms with Crippen LogP contribution in [0.3, 0.4) is 0 Å². The minimum atomic E-state index is -1.35. The van der Waals surface area contributed by atoms with Gasteiger partial charge in [0.2, 0.25) is 0 Å². The molecule has 7 heteroatoms. The number of hydrogen-bond acceptors (Lipinski definition) is 2. The molecule has 2 nitrogen and oxygen atoms in total. The van der Waals surface area contributed by atoms with Crippen LogP contribution in [0, 0.1) is 0 Å². The Labute approximate surface area is 153 Å². The first-order valence-electron chi connectivity index (χ1n) is 9.19. The van der Waals surface area contributed by atoms with E-state index in [-0.39, 0.29) is 0 Å². The van der Waals surface area contributed by atoms with Crippen molar-refractivity contribution in [2.24, 2.45) is 0 Å². The summed E-state index contributed by atoms with van der Waals surface area (Å²) >= 11 is 0. The van der Waals surface area contributed by atoms with E-state index in [0.29, 0.717) is 0 Å². The Morgan fingerprint density at radius 2 is 0.870 bits per heavy atom. The van der Waals surface area contributed by atoms with Crippen molar-refractivity contribution in [3.05, 3.63) is 11.8 Å². The molecule has 0 aliphatic heterocycles. The second-order valence-corrected chi connectivity index (χ2v) is 35.2. The van der Waals surface area contributed by atoms with Gasteiger partial charge in [-0.15, -0.1) is 0 Å². The first kappa shape index (κ1) is 23.7. The molecule has 0 N–H and O–H groups in total. The fourth-order valence-electron chi connectivity index (χ4n) is 4.15. The average molecular weight is 405 g/mol. The standard InChI is InChI=1S/C16H44N2Si5/c1-14-15-16-19(17(20(2,3)4)21(5,6)7)18(22(8,9)10)23(11,12)13/h15-16,19H,14H2,1-13H3. The predicted molar refractivity (Wildman–Crippen MR) is 124 cm³/mol. The Morgan fingerprint density at radius 3 is 1.04 bits per heavy atom. The van der Waals surface area contributed by atoms with E-state index in [1.54, 1.807) is 0 Å². The highest BCUT2D eigenvalue weighted by Crippen LogP contribution is 2.30. The predicted octanol–water partition coefficient (Wildman–Crippen LogP) is 5.66. The molecule has 0 bridgehead atoms. The van der Waals surface area contributed by atoms with Crippen molar-refractivity contribution in [2.45, 2.75) is 91.9 Å². The van der Waals surface area contributed by atoms with E-state index in [9.17, 15) is 0 Å². The fourth-order valence-corrected chi connectivity index (χ4v) is 37.8. The normalized spacial score (nSPS) is 15.5. The van der Waals surface area contributed by atoms with Crippen LogP contribution in [0.4, 0.5) is 0 Å². The van der Waals surface area contributed by atoms with E-state index >= 15 is 0 Å². The summed E-state index contributed by atoms with van der Waals surface area (Å²) in [6.45, 7) is 33.1. The molecule has 0 atom stereocenters. The fraction of sp³-hybridized carbons (Fsp3) is 0.875. The quantitative estimate of drug-likeness (QED) is 0.482. The lowest BCUT2D eigenvalue weighted by Crippen LogP contribution is -2.76. The van der Waals surface area contributed by atoms with Gasteiger partial charge in [-0.25, -0.2) is 0 Å². The minimum Gasteiger partial charge on any atom is -0.356 e. The SMILES string of the molecule is CCC=C[SiH](N([Si](C)(C)C)[Si](C)(C)C)N([Si](C)(C)C)[Si](C)(C)C. The smallest absolute Gasteiger partial charge is 0.188 e. The maximum atomic E-state index is 3.14. The molecule has 23 heavy (non-hydrogen) atoms. The lowest BCUT2D eigenvalue weighted by atomic mass is 10.5. The van der Waals surface area contributed by atoms with Crippen LogP contribution < -0.4 is 0 Å². The summed E-state index contributed by atoms with van der Waals surface area (Å²) in [6.07, 6.45) is 3.64. The Bertz CT molecular complexity index is 337. The molecule has 0 rings (SSSR count). The molecule has 0 aliphatic carbocycles. The molecular weight excluding hydrogens is 361 g/mol. The molecule has 0 aromatic heterocycles. The molecule has 0 unspecified atom stereocenters. The van der Waals surface area contributed by atoms with Gasteiger partial charge in [0.15, 0.2) is 9.12 Å². The molecule has 0 aliphatic rings. The summed E-state index contributed by atoms with van der Waals surface area (Å²) in [5.74, 6) is 0. The minimum absolute atomic E-state index is 1.17. The summed E-state index contributed by atoms with van der Waals surface area (Å²) in [4.78, 5) is 0. The van der Waals surface area contributed by atoms with E-state index in [1.165, 1.54) is 6.42 Å². The molecule has 0 saturated heterocycles. The Hall–Kier alpha value is 0.744. The monoisotopic (exact) mass is 404 g/mol. The third-order valence-electron chi connectivity index (χ3n) is 3.96. The first-order valence-corrected chi connectivity index (χ1v) is 24.7. The Balaban J connectivity index is 6.34. The third-order valence-corrected chi connectivity index (χ3v) is 31.9. The zero-order chi connectivity index (χ0) is 18.9. The van der Waals surface area contributed by atoms with Crippen molar-refractivity contribution in [2.75, 3.05) is 0 Å². The van der Waals surface area contributed by atoms with Gasteiger partial charge in [0.25, 0.3) is 0 Å². The van der Waals surface area contributed by atoms with Gasteiger partial charge in [-0.1, -0.05) is 97.3 Å². The lowest BCUT2D eigenvalue weighted by molar-refractivity contribution is 0.806. The molecule has 138 valence electrons. The molecule has 0 amide bonds. The highest BCUT2D eigenvalue weighted by atomic mass is 28.5. The van der Waals surface area contributed by atoms with Crippen LogP contribution in [0.25, 0.3) is 0 Å². The molecule has 0 radical (unpaired) electrons. The van der Waals surface area contributed by atoms with Gasteiger partial charge >= 0.3 is 0 Å². The molecule has 0 aromatic rings. The molecule has 0 aromatic carbocycles. The van der Waals surface area contributed by atoms with Crippen molar-refractivity contribution in [1.82, 2.24) is 7.79 Å². The zero-order valence-corrected chi connectivity index (χ0v) is 23.5. The van der Waals surface area contributed by atoms with E-state index in [4.69, 9.17) is 0 Å². The zero-order valence-electron chi connectivity index (χ0n) is 18.3. The van der Waals surface area contributed by atoms with Gasteiger partial charge in [0.1, 0.15) is 32.9 Å². The highest BCUT2D eigenvalue weighted by Gasteiger charge is 2.47. The molecular formula is C16H44N2Si5. The first-order chi connectivity index (χ1) is 9.94. The second kappa shape index (κ2) is 7.97. The Kier molecular flexibility index (Phi) is 8.22. The number of hydrogen-bond donors (Lipinski definition) is 0. The summed E-state index contributed by atoms with van der Waals surface area (Å²) in [5.41, 5.74) is 2.69. The lowest BCUT2D eigenvalue weighted by Gasteiger charge is -2.57. The van der Waals surface area contributed by atoms with Crippen LogP contribution in [-0.2, 0) is 0 Å². The number of nitrogens with zero attached hydrogens (tertiary/aromatic N) is 2. The van der Waals surface area contributed by atoms with E-state index < -0.39 is 42.1 Å². The molecule has 0 saturated carbocycles. The Morgan fingerprint density at radius 1 is 0.609 bits per heavy atom. The van der Waals surface area contributed by atoms with E-state index in [1.807, 2.05) is 0 Å². The van der Waals surface area contributed by atoms with Crippen LogP contribution in [0.1, 0.15) is 13.3 Å². The van der Waals surface area contributed by atoms with Crippen LogP contribution >= 0.6 is 0 Å². The second-order valence-electron chi connectivity index (χ2n) is 10.7. The molecule has 0 spiro atoms. The van der Waals surface area contributed by atoms with Crippen LogP contribution in [-0.4, -0.2) is 49.9 Å². The van der Waals surface area contributed by atoms with Crippen molar-refractivity contribution >= 4 is 42.1 Å². The summed E-state index contributed by atoms with van der Waals surface area (Å²) in [7, 11) is -6.64. The average Bonchev–Trinajstić information content (AvgIpc) is 2.17. The van der Waals surface area contributed by atoms with Crippen molar-refractivity contribution in [3.63, 3.8) is 0 Å². The number of rotatable bonds is 8. The van der Waals surface area contributed by atoms with Crippen LogP contribution in [0.2, 0.25) is 78.6 Å². The van der Waals surface area contributed by atoms with Crippen molar-refractivity contribution in [1.29, 1.82) is 0 Å². The van der Waals surface area contributed by atoms with Gasteiger partial charge < -0.3 is 7.79 Å². The summed E-state index contributed by atoms with van der Waals surface area (Å²) in [6, 6.07) is 0. The summed E-state index contributed by atoms with van der Waals surface area (Å²) < 4.78 is 6.28. The highest BCUT2D eigenvalue weighted by molar-refractivity contribution is 7.07. The van der Waals surface area contributed by atoms with Gasteiger partial charge in [0.05, 0.1) is 0 Å². The van der Waals surface area contributed by atoms with Gasteiger partial charge in [-0.05, 0) is 6.42 Å². The van der Waals surface area contributed by atoms with Crippen LogP contribution in [0.15, 0.2) is 11.8 Å². The van der Waals surface area contributed by atoms with Gasteiger partial charge in [0, 0.05) is 0 Å². The summed E-state index contributed by atoms with van der Waals surface area (Å²) in [5, 5.41) is 0. The van der Waals surface area contributed by atoms with Gasteiger partial charge in [-0.3, -0.25) is 0 Å². The topological polar surface area (TPSA) is 6.48 Å². The molecule has 0 heterocycles. The van der Waals surface area contributed by atoms with Crippen molar-refractivity contribution < 1.29 is 0 Å². The maximum Gasteiger partial charge on any atom is 0.188 e. The van der Waals surface area contributed by atoms with Crippen molar-refractivity contribution in [3.8, 4) is 0 Å². The third kappa shape index (κ3) is 7.25. The maximum absolute atomic E-state index is 3.14. The van der Waals surface area contributed by atoms with E-state index in [0.717, 1.165) is 0 Å². The molecule has 0 fully saturated rings. The van der Waals surface area contributed by atoms with Crippen LogP contribution in [0.5, 0.6) is 0 Å². The van der Waals surface area contributed by atoms with Gasteiger partial charge in [-0.2, -0.15) is 0 Å². The van der Waals surface area contributed by atoms with E-state index in [2.05, 4.69) is 105 Å². The largest absolute Gasteiger partial charge is 0.356 e.